The fraction of sp³-hybridized carbons (Fsp3) is 0.750. The van der Waals surface area contributed by atoms with Gasteiger partial charge in [-0.1, -0.05) is 13.8 Å². The van der Waals surface area contributed by atoms with Crippen molar-refractivity contribution >= 4 is 34.9 Å². The van der Waals surface area contributed by atoms with Crippen LogP contribution in [-0.4, -0.2) is 47.3 Å². The Morgan fingerprint density at radius 2 is 1.96 bits per heavy atom. The molecular weight excluding hydrogens is 356 g/mol. The maximum Gasteiger partial charge on any atom is 0.232 e. The number of hydrogen-bond acceptors (Lipinski definition) is 5. The summed E-state index contributed by atoms with van der Waals surface area (Å²) in [6.07, 6.45) is 7.30. The monoisotopic (exact) mass is 390 g/mol. The first kappa shape index (κ1) is 20.1. The second kappa shape index (κ2) is 9.53. The third kappa shape index (κ3) is 5.43. The highest BCUT2D eigenvalue weighted by atomic mass is 32.1. The van der Waals surface area contributed by atoms with Gasteiger partial charge in [-0.2, -0.15) is 9.97 Å². The zero-order valence-electron chi connectivity index (χ0n) is 17.0. The van der Waals surface area contributed by atoms with Crippen molar-refractivity contribution in [1.29, 1.82) is 0 Å². The molecule has 0 radical (unpaired) electrons. The van der Waals surface area contributed by atoms with Crippen LogP contribution in [0.3, 0.4) is 0 Å². The van der Waals surface area contributed by atoms with Crippen LogP contribution >= 0.6 is 12.2 Å². The molecule has 2 saturated heterocycles. The van der Waals surface area contributed by atoms with Gasteiger partial charge in [0.15, 0.2) is 5.11 Å². The number of anilines is 3. The van der Waals surface area contributed by atoms with E-state index in [-0.39, 0.29) is 0 Å². The van der Waals surface area contributed by atoms with Gasteiger partial charge >= 0.3 is 0 Å². The SMILES string of the molecule is CCCNC(=S)Nc1nc(N2CCC[C@@H](C)C2)cc(N2CCCC[C@H]2C)n1. The average molecular weight is 391 g/mol. The number of thiocarbonyl (C=S) groups is 1. The molecular formula is C20H34N6S. The number of piperidine rings is 2. The van der Waals surface area contributed by atoms with Crippen molar-refractivity contribution < 1.29 is 0 Å². The molecule has 0 spiro atoms. The highest BCUT2D eigenvalue weighted by Gasteiger charge is 2.24. The van der Waals surface area contributed by atoms with Gasteiger partial charge in [-0.3, -0.25) is 0 Å². The van der Waals surface area contributed by atoms with E-state index in [0.717, 1.165) is 44.2 Å². The maximum atomic E-state index is 5.41. The predicted molar refractivity (Wildman–Crippen MR) is 118 cm³/mol. The summed E-state index contributed by atoms with van der Waals surface area (Å²) in [7, 11) is 0. The Kier molecular flexibility index (Phi) is 7.10. The van der Waals surface area contributed by atoms with Crippen LogP contribution in [0.2, 0.25) is 0 Å². The van der Waals surface area contributed by atoms with Crippen LogP contribution in [0.25, 0.3) is 0 Å². The lowest BCUT2D eigenvalue weighted by atomic mass is 10.0. The summed E-state index contributed by atoms with van der Waals surface area (Å²) in [5.41, 5.74) is 0. The fourth-order valence-electron chi connectivity index (χ4n) is 4.01. The molecule has 150 valence electrons. The minimum atomic E-state index is 0.514. The van der Waals surface area contributed by atoms with E-state index in [0.29, 0.717) is 23.0 Å². The summed E-state index contributed by atoms with van der Waals surface area (Å²) < 4.78 is 0. The summed E-state index contributed by atoms with van der Waals surface area (Å²) in [5, 5.41) is 7.01. The molecule has 6 nitrogen and oxygen atoms in total. The van der Waals surface area contributed by atoms with Crippen molar-refractivity contribution in [3.8, 4) is 0 Å². The molecule has 0 unspecified atom stereocenters. The normalized spacial score (nSPS) is 23.2. The largest absolute Gasteiger partial charge is 0.362 e. The van der Waals surface area contributed by atoms with Gasteiger partial charge in [-0.25, -0.2) is 0 Å². The van der Waals surface area contributed by atoms with E-state index in [1.165, 1.54) is 32.1 Å². The number of aromatic nitrogens is 2. The van der Waals surface area contributed by atoms with Crippen LogP contribution in [0.4, 0.5) is 17.6 Å². The first-order valence-electron chi connectivity index (χ1n) is 10.5. The number of nitrogens with one attached hydrogen (secondary N) is 2. The number of nitrogens with zero attached hydrogens (tertiary/aromatic N) is 4. The van der Waals surface area contributed by atoms with Gasteiger partial charge in [0.1, 0.15) is 11.6 Å². The minimum Gasteiger partial charge on any atom is -0.362 e. The topological polar surface area (TPSA) is 56.3 Å². The summed E-state index contributed by atoms with van der Waals surface area (Å²) in [5.74, 6) is 3.35. The Bertz CT molecular complexity index is 637. The second-order valence-electron chi connectivity index (χ2n) is 8.02. The van der Waals surface area contributed by atoms with Gasteiger partial charge in [0.25, 0.3) is 0 Å². The van der Waals surface area contributed by atoms with E-state index in [1.807, 2.05) is 0 Å². The van der Waals surface area contributed by atoms with Crippen molar-refractivity contribution in [2.75, 3.05) is 41.3 Å². The molecule has 3 heterocycles. The highest BCUT2D eigenvalue weighted by molar-refractivity contribution is 7.80. The molecule has 1 aromatic heterocycles. The summed E-state index contributed by atoms with van der Waals surface area (Å²) in [6.45, 7) is 10.8. The van der Waals surface area contributed by atoms with Crippen LogP contribution in [0.5, 0.6) is 0 Å². The van der Waals surface area contributed by atoms with Gasteiger partial charge in [-0.05, 0) is 63.6 Å². The summed E-state index contributed by atoms with van der Waals surface area (Å²) in [4.78, 5) is 14.5. The summed E-state index contributed by atoms with van der Waals surface area (Å²) in [6, 6.07) is 2.69. The molecule has 0 aromatic carbocycles. The quantitative estimate of drug-likeness (QED) is 0.742. The highest BCUT2D eigenvalue weighted by Crippen LogP contribution is 2.29. The number of rotatable bonds is 5. The molecule has 0 amide bonds. The van der Waals surface area contributed by atoms with Crippen LogP contribution in [0, 0.1) is 5.92 Å². The zero-order chi connectivity index (χ0) is 19.2. The fourth-order valence-corrected chi connectivity index (χ4v) is 4.20. The Morgan fingerprint density at radius 1 is 1.15 bits per heavy atom. The summed E-state index contributed by atoms with van der Waals surface area (Å²) >= 11 is 5.41. The average Bonchev–Trinajstić information content (AvgIpc) is 2.66. The van der Waals surface area contributed by atoms with Gasteiger partial charge in [0.2, 0.25) is 5.95 Å². The first-order valence-corrected chi connectivity index (χ1v) is 10.9. The van der Waals surface area contributed by atoms with Crippen LogP contribution in [0.1, 0.15) is 59.3 Å². The van der Waals surface area contributed by atoms with Crippen molar-refractivity contribution in [1.82, 2.24) is 15.3 Å². The number of hydrogen-bond donors (Lipinski definition) is 2. The molecule has 3 rings (SSSR count). The molecule has 7 heteroatoms. The molecule has 27 heavy (non-hydrogen) atoms. The zero-order valence-corrected chi connectivity index (χ0v) is 17.8. The molecule has 0 bridgehead atoms. The minimum absolute atomic E-state index is 0.514. The van der Waals surface area contributed by atoms with Crippen molar-refractivity contribution in [3.05, 3.63) is 6.07 Å². The molecule has 2 fully saturated rings. The Hall–Kier alpha value is -1.63. The van der Waals surface area contributed by atoms with E-state index in [9.17, 15) is 0 Å². The van der Waals surface area contributed by atoms with Gasteiger partial charge in [0.05, 0.1) is 0 Å². The standard InChI is InChI=1S/C20H34N6S/c1-4-10-21-20(27)24-19-22-17(25-11-7-8-15(2)14-25)13-18(23-19)26-12-6-5-9-16(26)3/h13,15-16H,4-12,14H2,1-3H3,(H2,21,22,23,24,27)/t15-,16-/m1/s1. The van der Waals surface area contributed by atoms with Crippen LogP contribution < -0.4 is 20.4 Å². The molecule has 2 aliphatic heterocycles. The van der Waals surface area contributed by atoms with Gasteiger partial charge in [-0.15, -0.1) is 0 Å². The predicted octanol–water partition coefficient (Wildman–Crippen LogP) is 3.79. The Balaban J connectivity index is 1.86. The van der Waals surface area contributed by atoms with Crippen LogP contribution in [-0.2, 0) is 0 Å². The van der Waals surface area contributed by atoms with E-state index in [1.54, 1.807) is 0 Å². The lowest BCUT2D eigenvalue weighted by Crippen LogP contribution is -2.39. The maximum absolute atomic E-state index is 5.41. The first-order chi connectivity index (χ1) is 13.1. The van der Waals surface area contributed by atoms with Crippen molar-refractivity contribution in [2.45, 2.75) is 65.3 Å². The van der Waals surface area contributed by atoms with Crippen LogP contribution in [0.15, 0.2) is 6.07 Å². The molecule has 0 aliphatic carbocycles. The molecule has 2 atom stereocenters. The molecule has 0 saturated carbocycles. The van der Waals surface area contributed by atoms with E-state index in [2.05, 4.69) is 47.3 Å². The van der Waals surface area contributed by atoms with Gasteiger partial charge in [0, 0.05) is 38.3 Å². The molecule has 1 aromatic rings. The lowest BCUT2D eigenvalue weighted by molar-refractivity contribution is 0.444. The Morgan fingerprint density at radius 3 is 2.70 bits per heavy atom. The smallest absolute Gasteiger partial charge is 0.232 e. The second-order valence-corrected chi connectivity index (χ2v) is 8.43. The lowest BCUT2D eigenvalue weighted by Gasteiger charge is -2.36. The molecule has 2 aliphatic rings. The Labute approximate surface area is 169 Å². The van der Waals surface area contributed by atoms with Crippen molar-refractivity contribution in [3.63, 3.8) is 0 Å². The van der Waals surface area contributed by atoms with Crippen molar-refractivity contribution in [2.24, 2.45) is 5.92 Å². The van der Waals surface area contributed by atoms with Gasteiger partial charge < -0.3 is 20.4 Å². The molecule has 2 N–H and O–H groups in total. The third-order valence-electron chi connectivity index (χ3n) is 5.54. The van der Waals surface area contributed by atoms with E-state index in [4.69, 9.17) is 22.2 Å². The van der Waals surface area contributed by atoms with E-state index >= 15 is 0 Å². The third-order valence-corrected chi connectivity index (χ3v) is 5.78. The van der Waals surface area contributed by atoms with E-state index < -0.39 is 0 Å².